The second-order valence-corrected chi connectivity index (χ2v) is 6.22. The third-order valence-electron chi connectivity index (χ3n) is 4.62. The minimum absolute atomic E-state index is 0.0469. The fourth-order valence-electron chi connectivity index (χ4n) is 3.19. The molecule has 0 radical (unpaired) electrons. The van der Waals surface area contributed by atoms with E-state index in [0.29, 0.717) is 18.0 Å². The molecule has 1 aromatic carbocycles. The van der Waals surface area contributed by atoms with Crippen molar-refractivity contribution in [2.24, 2.45) is 0 Å². The van der Waals surface area contributed by atoms with Gasteiger partial charge in [0.25, 0.3) is 5.91 Å². The van der Waals surface area contributed by atoms with E-state index in [-0.39, 0.29) is 5.91 Å². The number of hydrogen-bond acceptors (Lipinski definition) is 3. The van der Waals surface area contributed by atoms with Crippen molar-refractivity contribution in [3.05, 3.63) is 71.7 Å². The number of aromatic nitrogens is 2. The molecule has 0 saturated carbocycles. The summed E-state index contributed by atoms with van der Waals surface area (Å²) in [7, 11) is 0. The second kappa shape index (κ2) is 6.45. The molecule has 1 amide bonds. The summed E-state index contributed by atoms with van der Waals surface area (Å²) in [4.78, 5) is 16.6. The van der Waals surface area contributed by atoms with E-state index in [0.717, 1.165) is 24.3 Å². The molecule has 3 aromatic rings. The summed E-state index contributed by atoms with van der Waals surface area (Å²) >= 11 is 0. The maximum atomic E-state index is 12.3. The van der Waals surface area contributed by atoms with Crippen molar-refractivity contribution < 1.29 is 4.79 Å². The number of carbonyl (C=O) groups is 1. The zero-order chi connectivity index (χ0) is 16.4. The highest BCUT2D eigenvalue weighted by Crippen LogP contribution is 2.22. The number of benzene rings is 1. The van der Waals surface area contributed by atoms with Crippen LogP contribution >= 0.6 is 0 Å². The van der Waals surface area contributed by atoms with E-state index >= 15 is 0 Å². The summed E-state index contributed by atoms with van der Waals surface area (Å²) in [6.07, 6.45) is 6.79. The van der Waals surface area contributed by atoms with Crippen LogP contribution in [0.2, 0.25) is 0 Å². The van der Waals surface area contributed by atoms with Gasteiger partial charge in [0.05, 0.1) is 0 Å². The molecule has 2 aromatic heterocycles. The highest BCUT2D eigenvalue weighted by Gasteiger charge is 2.16. The first-order valence-electron chi connectivity index (χ1n) is 8.30. The highest BCUT2D eigenvalue weighted by atomic mass is 16.1. The maximum Gasteiger partial charge on any atom is 0.251 e. The Morgan fingerprint density at radius 3 is 2.92 bits per heavy atom. The van der Waals surface area contributed by atoms with Crippen molar-refractivity contribution >= 4 is 11.6 Å². The Bertz CT molecular complexity index is 847. The minimum Gasteiger partial charge on any atom is -0.348 e. The monoisotopic (exact) mass is 320 g/mol. The van der Waals surface area contributed by atoms with Crippen molar-refractivity contribution in [3.63, 3.8) is 0 Å². The van der Waals surface area contributed by atoms with Crippen LogP contribution in [0.3, 0.4) is 0 Å². The molecule has 1 aliphatic rings. The normalized spacial score (nSPS) is 17.2. The van der Waals surface area contributed by atoms with Crippen LogP contribution in [0.5, 0.6) is 0 Å². The second-order valence-electron chi connectivity index (χ2n) is 6.22. The predicted octanol–water partition coefficient (Wildman–Crippen LogP) is 2.34. The fraction of sp³-hybridized carbons (Fsp3) is 0.263. The van der Waals surface area contributed by atoms with Crippen molar-refractivity contribution in [3.8, 4) is 0 Å². The Hall–Kier alpha value is -2.66. The molecule has 1 saturated heterocycles. The van der Waals surface area contributed by atoms with Crippen LogP contribution in [0, 0.1) is 0 Å². The van der Waals surface area contributed by atoms with Gasteiger partial charge in [0.15, 0.2) is 0 Å². The molecular weight excluding hydrogens is 300 g/mol. The Balaban J connectivity index is 1.40. The average Bonchev–Trinajstić information content (AvgIpc) is 3.31. The third kappa shape index (κ3) is 3.03. The number of rotatable bonds is 4. The van der Waals surface area contributed by atoms with Crippen molar-refractivity contribution in [2.75, 3.05) is 13.1 Å². The molecule has 3 heterocycles. The summed E-state index contributed by atoms with van der Waals surface area (Å²) < 4.78 is 1.95. The van der Waals surface area contributed by atoms with E-state index in [2.05, 4.69) is 27.8 Å². The first-order valence-corrected chi connectivity index (χ1v) is 8.30. The maximum absolute atomic E-state index is 12.3. The Morgan fingerprint density at radius 1 is 1.25 bits per heavy atom. The SMILES string of the molecule is O=C(NCc1ccn2ccnc2c1)c1ccc(C2CCNC2)cc1. The number of imidazole rings is 1. The van der Waals surface area contributed by atoms with Gasteiger partial charge in [-0.3, -0.25) is 4.79 Å². The van der Waals surface area contributed by atoms with Crippen LogP contribution in [0.15, 0.2) is 55.0 Å². The van der Waals surface area contributed by atoms with Gasteiger partial charge in [-0.25, -0.2) is 4.98 Å². The van der Waals surface area contributed by atoms with Gasteiger partial charge < -0.3 is 15.0 Å². The van der Waals surface area contributed by atoms with Crippen LogP contribution in [-0.2, 0) is 6.54 Å². The molecule has 0 bridgehead atoms. The van der Waals surface area contributed by atoms with Gasteiger partial charge >= 0.3 is 0 Å². The smallest absolute Gasteiger partial charge is 0.251 e. The quantitative estimate of drug-likeness (QED) is 0.776. The number of pyridine rings is 1. The number of nitrogens with one attached hydrogen (secondary N) is 2. The third-order valence-corrected chi connectivity index (χ3v) is 4.62. The standard InChI is InChI=1S/C19H20N4O/c24-19(16-3-1-15(2-4-16)17-5-7-20-13-17)22-12-14-6-9-23-10-8-21-18(23)11-14/h1-4,6,8-11,17,20H,5,7,12-13H2,(H,22,24). The van der Waals surface area contributed by atoms with Gasteiger partial charge in [-0.15, -0.1) is 0 Å². The lowest BCUT2D eigenvalue weighted by atomic mass is 9.97. The molecule has 5 nitrogen and oxygen atoms in total. The number of nitrogens with zero attached hydrogens (tertiary/aromatic N) is 2. The van der Waals surface area contributed by atoms with Crippen molar-refractivity contribution in [1.82, 2.24) is 20.0 Å². The van der Waals surface area contributed by atoms with Crippen LogP contribution in [0.1, 0.15) is 33.8 Å². The summed E-state index contributed by atoms with van der Waals surface area (Å²) in [6.45, 7) is 2.60. The number of amides is 1. The van der Waals surface area contributed by atoms with E-state index in [4.69, 9.17) is 0 Å². The molecule has 0 aliphatic carbocycles. The Labute approximate surface area is 140 Å². The van der Waals surface area contributed by atoms with E-state index < -0.39 is 0 Å². The van der Waals surface area contributed by atoms with Gasteiger partial charge in [-0.2, -0.15) is 0 Å². The van der Waals surface area contributed by atoms with Gasteiger partial charge in [-0.1, -0.05) is 12.1 Å². The van der Waals surface area contributed by atoms with Crippen molar-refractivity contribution in [2.45, 2.75) is 18.9 Å². The zero-order valence-electron chi connectivity index (χ0n) is 13.4. The van der Waals surface area contributed by atoms with E-state index in [1.165, 1.54) is 12.0 Å². The number of carbonyl (C=O) groups excluding carboxylic acids is 1. The highest BCUT2D eigenvalue weighted by molar-refractivity contribution is 5.94. The molecule has 122 valence electrons. The Kier molecular flexibility index (Phi) is 4.01. The summed E-state index contributed by atoms with van der Waals surface area (Å²) in [5, 5.41) is 6.34. The van der Waals surface area contributed by atoms with Crippen LogP contribution in [-0.4, -0.2) is 28.4 Å². The number of hydrogen-bond donors (Lipinski definition) is 2. The van der Waals surface area contributed by atoms with Gasteiger partial charge in [0.2, 0.25) is 0 Å². The molecule has 5 heteroatoms. The largest absolute Gasteiger partial charge is 0.348 e. The number of fused-ring (bicyclic) bond motifs is 1. The van der Waals surface area contributed by atoms with Gasteiger partial charge in [0, 0.05) is 37.2 Å². The molecule has 1 unspecified atom stereocenters. The molecule has 1 aliphatic heterocycles. The Morgan fingerprint density at radius 2 is 2.12 bits per heavy atom. The summed E-state index contributed by atoms with van der Waals surface area (Å²) in [5.41, 5.74) is 3.93. The fourth-order valence-corrected chi connectivity index (χ4v) is 3.19. The average molecular weight is 320 g/mol. The molecule has 1 fully saturated rings. The molecule has 0 spiro atoms. The first-order chi connectivity index (χ1) is 11.8. The van der Waals surface area contributed by atoms with Crippen LogP contribution in [0.4, 0.5) is 0 Å². The molecule has 4 rings (SSSR count). The van der Waals surface area contributed by atoms with Crippen molar-refractivity contribution in [1.29, 1.82) is 0 Å². The van der Waals surface area contributed by atoms with Crippen LogP contribution < -0.4 is 10.6 Å². The molecule has 1 atom stereocenters. The topological polar surface area (TPSA) is 58.4 Å². The van der Waals surface area contributed by atoms with E-state index in [1.54, 1.807) is 6.20 Å². The molecule has 2 N–H and O–H groups in total. The van der Waals surface area contributed by atoms with E-state index in [9.17, 15) is 4.79 Å². The zero-order valence-corrected chi connectivity index (χ0v) is 13.4. The lowest BCUT2D eigenvalue weighted by Crippen LogP contribution is -2.22. The first kappa shape index (κ1) is 14.9. The molecular formula is C19H20N4O. The summed E-state index contributed by atoms with van der Waals surface area (Å²) in [5.74, 6) is 0.526. The van der Waals surface area contributed by atoms with Gasteiger partial charge in [-0.05, 0) is 54.3 Å². The lowest BCUT2D eigenvalue weighted by molar-refractivity contribution is 0.0951. The van der Waals surface area contributed by atoms with E-state index in [1.807, 2.05) is 41.1 Å². The molecule has 24 heavy (non-hydrogen) atoms. The minimum atomic E-state index is -0.0469. The van der Waals surface area contributed by atoms with Crippen LogP contribution in [0.25, 0.3) is 5.65 Å². The lowest BCUT2D eigenvalue weighted by Gasteiger charge is -2.10. The summed E-state index contributed by atoms with van der Waals surface area (Å²) in [6, 6.07) is 12.0. The van der Waals surface area contributed by atoms with Gasteiger partial charge in [0.1, 0.15) is 5.65 Å². The predicted molar refractivity (Wildman–Crippen MR) is 93.0 cm³/mol.